The molecule has 0 bridgehead atoms. The van der Waals surface area contributed by atoms with Crippen LogP contribution in [0.4, 0.5) is 5.69 Å². The van der Waals surface area contributed by atoms with Gasteiger partial charge in [0.25, 0.3) is 4.92 Å². The van der Waals surface area contributed by atoms with Gasteiger partial charge >= 0.3 is 5.69 Å². The molecule has 0 saturated heterocycles. The Hall–Kier alpha value is -1.95. The van der Waals surface area contributed by atoms with Crippen LogP contribution in [0.3, 0.4) is 0 Å². The summed E-state index contributed by atoms with van der Waals surface area (Å²) in [5, 5.41) is 12.9. The zero-order valence-corrected chi connectivity index (χ0v) is 9.09. The zero-order valence-electron chi connectivity index (χ0n) is 8.33. The summed E-state index contributed by atoms with van der Waals surface area (Å²) in [6, 6.07) is 3.09. The van der Waals surface area contributed by atoms with Crippen molar-refractivity contribution in [3.63, 3.8) is 0 Å². The average Bonchev–Trinajstić information content (AvgIpc) is 2.64. The molecule has 0 saturated carbocycles. The Bertz CT molecular complexity index is 552. The van der Waals surface area contributed by atoms with Gasteiger partial charge in [-0.2, -0.15) is 5.10 Å². The summed E-state index contributed by atoms with van der Waals surface area (Å²) in [5.74, 6) is 0. The lowest BCUT2D eigenvalue weighted by atomic mass is 10.2. The van der Waals surface area contributed by atoms with E-state index >= 15 is 0 Å². The van der Waals surface area contributed by atoms with Crippen molar-refractivity contribution < 1.29 is 10.1 Å². The molecule has 1 N–H and O–H groups in total. The molecular formula is C9H8ClN4O2+. The van der Waals surface area contributed by atoms with E-state index in [1.54, 1.807) is 24.0 Å². The molecule has 0 aliphatic carbocycles. The lowest BCUT2D eigenvalue weighted by Gasteiger charge is -2.02. The first-order valence-electron chi connectivity index (χ1n) is 4.39. The van der Waals surface area contributed by atoms with Gasteiger partial charge in [-0.1, -0.05) is 11.6 Å². The van der Waals surface area contributed by atoms with E-state index < -0.39 is 0 Å². The summed E-state index contributed by atoms with van der Waals surface area (Å²) >= 11 is 5.96. The number of hydrogen-bond acceptors (Lipinski definition) is 3. The van der Waals surface area contributed by atoms with Gasteiger partial charge in [0.1, 0.15) is 11.9 Å². The highest BCUT2D eigenvalue weighted by atomic mass is 35.5. The van der Waals surface area contributed by atoms with Gasteiger partial charge in [0.2, 0.25) is 0 Å². The van der Waals surface area contributed by atoms with Crippen molar-refractivity contribution in [1.29, 1.82) is 0 Å². The van der Waals surface area contributed by atoms with Gasteiger partial charge in [-0.3, -0.25) is 4.68 Å². The normalized spacial score (nSPS) is 10.4. The van der Waals surface area contributed by atoms with E-state index in [9.17, 15) is 4.91 Å². The van der Waals surface area contributed by atoms with Crippen LogP contribution in [0.25, 0.3) is 11.4 Å². The van der Waals surface area contributed by atoms with E-state index in [1.807, 2.05) is 0 Å². The highest BCUT2D eigenvalue weighted by Crippen LogP contribution is 2.27. The number of aromatic nitrogens is 3. The van der Waals surface area contributed by atoms with Crippen LogP contribution in [0, 0.1) is 4.91 Å². The van der Waals surface area contributed by atoms with Crippen molar-refractivity contribution >= 4 is 17.3 Å². The maximum atomic E-state index is 10.6. The predicted octanol–water partition coefficient (Wildman–Crippen LogP) is 1.94. The van der Waals surface area contributed by atoms with Crippen LogP contribution < -0.4 is 0 Å². The third kappa shape index (κ3) is 1.74. The lowest BCUT2D eigenvalue weighted by Crippen LogP contribution is -1.98. The molecule has 6 nitrogen and oxygen atoms in total. The topological polar surface area (TPSA) is 71.0 Å². The Morgan fingerprint density at radius 3 is 2.81 bits per heavy atom. The van der Waals surface area contributed by atoms with Crippen LogP contribution in [-0.4, -0.2) is 24.9 Å². The van der Waals surface area contributed by atoms with Gasteiger partial charge in [-0.05, 0) is 6.07 Å². The lowest BCUT2D eigenvalue weighted by molar-refractivity contribution is -0.729. The summed E-state index contributed by atoms with van der Waals surface area (Å²) in [5.41, 5.74) is 1.22. The molecule has 2 aromatic heterocycles. The minimum Gasteiger partial charge on any atom is -0.266 e. The minimum absolute atomic E-state index is 0.0177. The standard InChI is InChI=1S/C9H8ClN4O2/c1-13-8(2-3-12-13)9-7(10)4-6(5-11-9)14(15)16/h2-5H,1H3,(H,15,16)/q+1. The van der Waals surface area contributed by atoms with Crippen LogP contribution in [0.15, 0.2) is 24.5 Å². The van der Waals surface area contributed by atoms with Crippen molar-refractivity contribution in [3.05, 3.63) is 34.5 Å². The van der Waals surface area contributed by atoms with Gasteiger partial charge in [-0.15, -0.1) is 0 Å². The van der Waals surface area contributed by atoms with Crippen molar-refractivity contribution in [3.8, 4) is 11.4 Å². The van der Waals surface area contributed by atoms with Gasteiger partial charge in [-0.25, -0.2) is 10.2 Å². The van der Waals surface area contributed by atoms with Gasteiger partial charge in [0, 0.05) is 19.3 Å². The fourth-order valence-corrected chi connectivity index (χ4v) is 1.58. The number of halogens is 1. The first-order chi connectivity index (χ1) is 7.59. The monoisotopic (exact) mass is 239 g/mol. The van der Waals surface area contributed by atoms with E-state index in [2.05, 4.69) is 10.1 Å². The van der Waals surface area contributed by atoms with Crippen LogP contribution in [0.1, 0.15) is 0 Å². The third-order valence-electron chi connectivity index (χ3n) is 2.11. The minimum atomic E-state index is -0.286. The first-order valence-corrected chi connectivity index (χ1v) is 4.77. The van der Waals surface area contributed by atoms with Gasteiger partial charge < -0.3 is 0 Å². The summed E-state index contributed by atoms with van der Waals surface area (Å²) in [7, 11) is 1.76. The van der Waals surface area contributed by atoms with E-state index in [4.69, 9.17) is 16.8 Å². The largest absolute Gasteiger partial charge is 0.336 e. The van der Waals surface area contributed by atoms with Gasteiger partial charge in [0.15, 0.2) is 0 Å². The summed E-state index contributed by atoms with van der Waals surface area (Å²) in [4.78, 5) is 14.3. The molecule has 0 amide bonds. The van der Waals surface area contributed by atoms with Crippen molar-refractivity contribution in [2.24, 2.45) is 7.05 Å². The second-order valence-corrected chi connectivity index (χ2v) is 3.54. The Balaban J connectivity index is 2.52. The second-order valence-electron chi connectivity index (χ2n) is 3.14. The summed E-state index contributed by atoms with van der Waals surface area (Å²) < 4.78 is 1.61. The van der Waals surface area contributed by atoms with Crippen molar-refractivity contribution in [2.45, 2.75) is 0 Å². The Kier molecular flexibility index (Phi) is 2.57. The molecule has 0 radical (unpaired) electrons. The van der Waals surface area contributed by atoms with Gasteiger partial charge in [0.05, 0.1) is 15.6 Å². The molecule has 2 heterocycles. The number of hydrogen-bond donors (Lipinski definition) is 1. The molecule has 0 spiro atoms. The Morgan fingerprint density at radius 1 is 1.56 bits per heavy atom. The highest BCUT2D eigenvalue weighted by molar-refractivity contribution is 6.33. The number of aryl methyl sites for hydroxylation is 1. The van der Waals surface area contributed by atoms with E-state index in [-0.39, 0.29) is 15.6 Å². The molecular weight excluding hydrogens is 232 g/mol. The quantitative estimate of drug-likeness (QED) is 0.813. The highest BCUT2D eigenvalue weighted by Gasteiger charge is 2.17. The van der Waals surface area contributed by atoms with E-state index in [1.165, 1.54) is 12.3 Å². The fraction of sp³-hybridized carbons (Fsp3) is 0.111. The number of nitrogens with zero attached hydrogens (tertiary/aromatic N) is 4. The third-order valence-corrected chi connectivity index (χ3v) is 2.40. The smallest absolute Gasteiger partial charge is 0.266 e. The molecule has 2 rings (SSSR count). The second kappa shape index (κ2) is 3.90. The maximum absolute atomic E-state index is 10.6. The molecule has 7 heteroatoms. The van der Waals surface area contributed by atoms with Crippen LogP contribution in [-0.2, 0) is 7.05 Å². The molecule has 82 valence electrons. The zero-order chi connectivity index (χ0) is 11.7. The number of pyridine rings is 1. The van der Waals surface area contributed by atoms with Crippen molar-refractivity contribution in [2.75, 3.05) is 0 Å². The molecule has 0 aliphatic heterocycles. The Morgan fingerprint density at radius 2 is 2.31 bits per heavy atom. The fourth-order valence-electron chi connectivity index (χ4n) is 1.33. The van der Waals surface area contributed by atoms with Crippen molar-refractivity contribution in [1.82, 2.24) is 14.8 Å². The predicted molar refractivity (Wildman–Crippen MR) is 56.5 cm³/mol. The molecule has 2 aromatic rings. The van der Waals surface area contributed by atoms with E-state index in [0.717, 1.165) is 5.69 Å². The average molecular weight is 240 g/mol. The van der Waals surface area contributed by atoms with E-state index in [0.29, 0.717) is 5.69 Å². The Labute approximate surface area is 95.6 Å². The van der Waals surface area contributed by atoms with Crippen LogP contribution in [0.5, 0.6) is 0 Å². The molecule has 0 unspecified atom stereocenters. The molecule has 0 fully saturated rings. The summed E-state index contributed by atoms with van der Waals surface area (Å²) in [6.07, 6.45) is 2.86. The molecule has 16 heavy (non-hydrogen) atoms. The molecule has 0 atom stereocenters. The molecule has 0 aromatic carbocycles. The first kappa shape index (κ1) is 10.6. The van der Waals surface area contributed by atoms with Crippen LogP contribution in [0.2, 0.25) is 5.02 Å². The maximum Gasteiger partial charge on any atom is 0.336 e. The SMILES string of the molecule is Cn1nccc1-c1ncc([N+](=O)O)cc1Cl. The summed E-state index contributed by atoms with van der Waals surface area (Å²) in [6.45, 7) is 0. The van der Waals surface area contributed by atoms with Crippen LogP contribution >= 0.6 is 11.6 Å². The molecule has 0 aliphatic rings. The number of rotatable bonds is 2.